The molecule has 1 aromatic rings. The summed E-state index contributed by atoms with van der Waals surface area (Å²) in [6, 6.07) is 3.05. The van der Waals surface area contributed by atoms with E-state index in [9.17, 15) is 19.1 Å². The number of hydrogen-bond donors (Lipinski definition) is 2. The third-order valence-corrected chi connectivity index (χ3v) is 3.57. The van der Waals surface area contributed by atoms with Gasteiger partial charge in [0.05, 0.1) is 11.1 Å². The lowest BCUT2D eigenvalue weighted by atomic mass is 10.2. The number of carbonyl (C=O) groups is 2. The van der Waals surface area contributed by atoms with Crippen LogP contribution in [0.15, 0.2) is 24.3 Å². The number of nitrogens with zero attached hydrogens (tertiary/aromatic N) is 1. The molecule has 1 aliphatic heterocycles. The molecule has 2 unspecified atom stereocenters. The van der Waals surface area contributed by atoms with Crippen LogP contribution in [-0.4, -0.2) is 45.7 Å². The molecule has 2 rings (SSSR count). The second kappa shape index (κ2) is 6.24. The van der Waals surface area contributed by atoms with Crippen LogP contribution in [0.2, 0.25) is 5.02 Å². The largest absolute Gasteiger partial charge is 0.480 e. The van der Waals surface area contributed by atoms with Crippen LogP contribution in [0.3, 0.4) is 0 Å². The highest BCUT2D eigenvalue weighted by atomic mass is 35.5. The third kappa shape index (κ3) is 3.40. The van der Waals surface area contributed by atoms with Crippen LogP contribution in [-0.2, 0) is 9.59 Å². The van der Waals surface area contributed by atoms with Crippen molar-refractivity contribution < 1.29 is 24.2 Å². The van der Waals surface area contributed by atoms with E-state index >= 15 is 0 Å². The van der Waals surface area contributed by atoms with Gasteiger partial charge in [-0.1, -0.05) is 17.7 Å². The van der Waals surface area contributed by atoms with E-state index in [2.05, 4.69) is 0 Å². The SMILES string of the molecule is O=C(O)C1CC(O)CN1C(=O)/C=C/c1c(F)cccc1Cl. The Kier molecular flexibility index (Phi) is 4.59. The van der Waals surface area contributed by atoms with Crippen molar-refractivity contribution in [1.29, 1.82) is 0 Å². The Morgan fingerprint density at radius 2 is 2.14 bits per heavy atom. The molecule has 2 atom stereocenters. The molecule has 1 amide bonds. The lowest BCUT2D eigenvalue weighted by Gasteiger charge is -2.19. The number of likely N-dealkylation sites (tertiary alicyclic amines) is 1. The van der Waals surface area contributed by atoms with Crippen LogP contribution in [0.1, 0.15) is 12.0 Å². The van der Waals surface area contributed by atoms with Gasteiger partial charge in [-0.3, -0.25) is 4.79 Å². The van der Waals surface area contributed by atoms with E-state index in [4.69, 9.17) is 16.7 Å². The van der Waals surface area contributed by atoms with Crippen LogP contribution in [0.25, 0.3) is 6.08 Å². The standard InChI is InChI=1S/C14H13ClFNO4/c15-10-2-1-3-11(16)9(10)4-5-13(19)17-7-8(18)6-12(17)14(20)21/h1-5,8,12,18H,6-7H2,(H,20,21)/b5-4+. The minimum atomic E-state index is -1.18. The number of carbonyl (C=O) groups excluding carboxylic acids is 1. The molecule has 0 spiro atoms. The molecule has 0 aliphatic carbocycles. The molecule has 0 radical (unpaired) electrons. The molecule has 21 heavy (non-hydrogen) atoms. The summed E-state index contributed by atoms with van der Waals surface area (Å²) in [4.78, 5) is 24.1. The van der Waals surface area contributed by atoms with Crippen molar-refractivity contribution in [2.75, 3.05) is 6.54 Å². The number of β-amino-alcohol motifs (C(OH)–C–C–N with tert-alkyl or cyclic N) is 1. The molecule has 7 heteroatoms. The molecular formula is C14H13ClFNO4. The Morgan fingerprint density at radius 1 is 1.43 bits per heavy atom. The quantitative estimate of drug-likeness (QED) is 0.830. The molecule has 1 aromatic carbocycles. The molecule has 1 aliphatic rings. The van der Waals surface area contributed by atoms with Crippen molar-refractivity contribution in [2.45, 2.75) is 18.6 Å². The van der Waals surface area contributed by atoms with Crippen molar-refractivity contribution in [3.63, 3.8) is 0 Å². The van der Waals surface area contributed by atoms with E-state index in [1.54, 1.807) is 0 Å². The Morgan fingerprint density at radius 3 is 2.76 bits per heavy atom. The van der Waals surface area contributed by atoms with Crippen molar-refractivity contribution in [2.24, 2.45) is 0 Å². The van der Waals surface area contributed by atoms with Crippen LogP contribution in [0, 0.1) is 5.82 Å². The van der Waals surface area contributed by atoms with Crippen molar-refractivity contribution in [3.05, 3.63) is 40.7 Å². The molecule has 0 aromatic heterocycles. The van der Waals surface area contributed by atoms with E-state index < -0.39 is 29.8 Å². The first-order chi connectivity index (χ1) is 9.90. The smallest absolute Gasteiger partial charge is 0.326 e. The van der Waals surface area contributed by atoms with Gasteiger partial charge in [0.15, 0.2) is 0 Å². The zero-order chi connectivity index (χ0) is 15.6. The number of hydrogen-bond acceptors (Lipinski definition) is 3. The maximum Gasteiger partial charge on any atom is 0.326 e. The fraction of sp³-hybridized carbons (Fsp3) is 0.286. The predicted octanol–water partition coefficient (Wildman–Crippen LogP) is 1.54. The second-order valence-corrected chi connectivity index (χ2v) is 5.11. The number of rotatable bonds is 3. The van der Waals surface area contributed by atoms with E-state index in [1.165, 1.54) is 24.3 Å². The third-order valence-electron chi connectivity index (χ3n) is 3.24. The first kappa shape index (κ1) is 15.5. The van der Waals surface area contributed by atoms with E-state index in [0.717, 1.165) is 11.0 Å². The monoisotopic (exact) mass is 313 g/mol. The molecule has 2 N–H and O–H groups in total. The molecule has 1 saturated heterocycles. The molecule has 0 bridgehead atoms. The number of halogens is 2. The topological polar surface area (TPSA) is 77.8 Å². The molecule has 1 fully saturated rings. The van der Waals surface area contributed by atoms with E-state index in [1.807, 2.05) is 0 Å². The Balaban J connectivity index is 2.17. The van der Waals surface area contributed by atoms with Gasteiger partial charge >= 0.3 is 5.97 Å². The highest BCUT2D eigenvalue weighted by molar-refractivity contribution is 6.32. The van der Waals surface area contributed by atoms with Gasteiger partial charge in [0.25, 0.3) is 0 Å². The second-order valence-electron chi connectivity index (χ2n) is 4.70. The Hall–Kier alpha value is -1.92. The normalized spacial score (nSPS) is 22.0. The van der Waals surface area contributed by atoms with Gasteiger partial charge in [-0.05, 0) is 18.2 Å². The highest BCUT2D eigenvalue weighted by Crippen LogP contribution is 2.22. The van der Waals surface area contributed by atoms with Gasteiger partial charge in [0.2, 0.25) is 5.91 Å². The lowest BCUT2D eigenvalue weighted by molar-refractivity contribution is -0.146. The summed E-state index contributed by atoms with van der Waals surface area (Å²) in [5.74, 6) is -2.38. The Bertz CT molecular complexity index is 584. The summed E-state index contributed by atoms with van der Waals surface area (Å²) < 4.78 is 13.6. The lowest BCUT2D eigenvalue weighted by Crippen LogP contribution is -2.39. The number of aliphatic carboxylic acids is 1. The number of aliphatic hydroxyl groups excluding tert-OH is 1. The van der Waals surface area contributed by atoms with Gasteiger partial charge in [0, 0.05) is 24.6 Å². The summed E-state index contributed by atoms with van der Waals surface area (Å²) in [6.07, 6.45) is 1.36. The van der Waals surface area contributed by atoms with Crippen molar-refractivity contribution in [3.8, 4) is 0 Å². The number of carboxylic acids is 1. The van der Waals surface area contributed by atoms with E-state index in [-0.39, 0.29) is 23.6 Å². The summed E-state index contributed by atoms with van der Waals surface area (Å²) in [7, 11) is 0. The fourth-order valence-corrected chi connectivity index (χ4v) is 2.44. The van der Waals surface area contributed by atoms with Crippen LogP contribution in [0.4, 0.5) is 4.39 Å². The van der Waals surface area contributed by atoms with Crippen LogP contribution < -0.4 is 0 Å². The molecule has 1 heterocycles. The minimum absolute atomic E-state index is 0.0185. The van der Waals surface area contributed by atoms with Crippen molar-refractivity contribution in [1.82, 2.24) is 4.90 Å². The molecule has 112 valence electrons. The molecule has 5 nitrogen and oxygen atoms in total. The Labute approximate surface area is 125 Å². The van der Waals surface area contributed by atoms with Gasteiger partial charge in [-0.25, -0.2) is 9.18 Å². The maximum atomic E-state index is 13.6. The summed E-state index contributed by atoms with van der Waals surface area (Å²) >= 11 is 5.82. The van der Waals surface area contributed by atoms with Gasteiger partial charge in [-0.15, -0.1) is 0 Å². The first-order valence-corrected chi connectivity index (χ1v) is 6.61. The van der Waals surface area contributed by atoms with Gasteiger partial charge < -0.3 is 15.1 Å². The number of amides is 1. The molecular weight excluding hydrogens is 301 g/mol. The zero-order valence-electron chi connectivity index (χ0n) is 10.9. The highest BCUT2D eigenvalue weighted by Gasteiger charge is 2.38. The number of aliphatic hydroxyl groups is 1. The average molecular weight is 314 g/mol. The average Bonchev–Trinajstić information content (AvgIpc) is 2.80. The fourth-order valence-electron chi connectivity index (χ4n) is 2.21. The van der Waals surface area contributed by atoms with Crippen molar-refractivity contribution >= 4 is 29.6 Å². The first-order valence-electron chi connectivity index (χ1n) is 6.23. The van der Waals surface area contributed by atoms with Gasteiger partial charge in [0.1, 0.15) is 11.9 Å². The van der Waals surface area contributed by atoms with Gasteiger partial charge in [-0.2, -0.15) is 0 Å². The number of carboxylic acid groups (broad SMARTS) is 1. The van der Waals surface area contributed by atoms with E-state index in [0.29, 0.717) is 0 Å². The summed E-state index contributed by atoms with van der Waals surface area (Å²) in [5.41, 5.74) is 0.0548. The minimum Gasteiger partial charge on any atom is -0.480 e. The zero-order valence-corrected chi connectivity index (χ0v) is 11.6. The summed E-state index contributed by atoms with van der Waals surface area (Å²) in [6.45, 7) is -0.0643. The maximum absolute atomic E-state index is 13.6. The predicted molar refractivity (Wildman–Crippen MR) is 74.2 cm³/mol. The molecule has 0 saturated carbocycles. The number of benzene rings is 1. The van der Waals surface area contributed by atoms with Crippen LogP contribution >= 0.6 is 11.6 Å². The van der Waals surface area contributed by atoms with Crippen LogP contribution in [0.5, 0.6) is 0 Å². The summed E-state index contributed by atoms with van der Waals surface area (Å²) in [5, 5.41) is 18.6.